The fraction of sp³-hybridized carbons (Fsp3) is 0.312. The highest BCUT2D eigenvalue weighted by atomic mass is 32.1. The van der Waals surface area contributed by atoms with Crippen molar-refractivity contribution in [3.63, 3.8) is 0 Å². The van der Waals surface area contributed by atoms with Gasteiger partial charge >= 0.3 is 5.69 Å². The van der Waals surface area contributed by atoms with Crippen molar-refractivity contribution in [2.75, 3.05) is 0 Å². The predicted molar refractivity (Wildman–Crippen MR) is 100 cm³/mol. The number of rotatable bonds is 3. The maximum absolute atomic E-state index is 13.0. The van der Waals surface area contributed by atoms with Crippen LogP contribution >= 0.6 is 11.3 Å². The molecule has 0 bridgehead atoms. The van der Waals surface area contributed by atoms with E-state index in [-0.39, 0.29) is 28.4 Å². The molecule has 0 aliphatic carbocycles. The molecular weight excluding hydrogens is 372 g/mol. The van der Waals surface area contributed by atoms with E-state index in [9.17, 15) is 19.5 Å². The Morgan fingerprint density at radius 2 is 1.89 bits per heavy atom. The SMILES string of the molecule is CCCc1c(O)n2c3c(=O)n(C)c(=O)n(C)c3nc2n(-c2nccs2)c1=O. The van der Waals surface area contributed by atoms with E-state index in [1.165, 1.54) is 39.0 Å². The first-order chi connectivity index (χ1) is 12.9. The molecule has 1 N–H and O–H groups in total. The summed E-state index contributed by atoms with van der Waals surface area (Å²) in [5.74, 6) is -0.316. The molecule has 4 aromatic heterocycles. The van der Waals surface area contributed by atoms with E-state index < -0.39 is 16.8 Å². The Hall–Kier alpha value is -3.21. The Labute approximate surface area is 155 Å². The molecule has 0 unspecified atom stereocenters. The maximum Gasteiger partial charge on any atom is 0.332 e. The summed E-state index contributed by atoms with van der Waals surface area (Å²) in [6, 6.07) is 0. The number of hydrogen-bond acceptors (Lipinski definition) is 7. The molecule has 0 fully saturated rings. The smallest absolute Gasteiger partial charge is 0.332 e. The minimum absolute atomic E-state index is 0.0229. The van der Waals surface area contributed by atoms with Crippen molar-refractivity contribution in [2.45, 2.75) is 19.8 Å². The first kappa shape index (κ1) is 17.2. The second kappa shape index (κ2) is 5.91. The number of hydrogen-bond donors (Lipinski definition) is 1. The van der Waals surface area contributed by atoms with Crippen molar-refractivity contribution < 1.29 is 5.11 Å². The summed E-state index contributed by atoms with van der Waals surface area (Å²) < 4.78 is 4.64. The number of fused-ring (bicyclic) bond motifs is 3. The van der Waals surface area contributed by atoms with E-state index in [4.69, 9.17) is 0 Å². The highest BCUT2D eigenvalue weighted by Gasteiger charge is 2.25. The van der Waals surface area contributed by atoms with Crippen molar-refractivity contribution in [3.8, 4) is 11.0 Å². The van der Waals surface area contributed by atoms with Crippen LogP contribution in [0.4, 0.5) is 0 Å². The van der Waals surface area contributed by atoms with Gasteiger partial charge < -0.3 is 5.11 Å². The second-order valence-electron chi connectivity index (χ2n) is 6.13. The molecule has 0 aliphatic heterocycles. The molecular formula is C16H16N6O4S. The molecule has 0 amide bonds. The topological polar surface area (TPSA) is 116 Å². The molecule has 27 heavy (non-hydrogen) atoms. The Kier molecular flexibility index (Phi) is 3.77. The number of imidazole rings is 1. The Balaban J connectivity index is 2.37. The second-order valence-corrected chi connectivity index (χ2v) is 7.01. The summed E-state index contributed by atoms with van der Waals surface area (Å²) in [6.07, 6.45) is 2.49. The normalized spacial score (nSPS) is 11.7. The highest BCUT2D eigenvalue weighted by molar-refractivity contribution is 7.12. The summed E-state index contributed by atoms with van der Waals surface area (Å²) in [4.78, 5) is 46.6. The van der Waals surface area contributed by atoms with E-state index in [1.807, 2.05) is 6.92 Å². The van der Waals surface area contributed by atoms with Gasteiger partial charge in [0.05, 0.1) is 5.56 Å². The quantitative estimate of drug-likeness (QED) is 0.534. The van der Waals surface area contributed by atoms with Crippen molar-refractivity contribution in [1.29, 1.82) is 0 Å². The van der Waals surface area contributed by atoms with Crippen LogP contribution in [0.2, 0.25) is 0 Å². The van der Waals surface area contributed by atoms with Crippen LogP contribution in [0, 0.1) is 0 Å². The minimum Gasteiger partial charge on any atom is -0.494 e. The molecule has 4 rings (SSSR count). The van der Waals surface area contributed by atoms with Crippen LogP contribution in [0.25, 0.3) is 22.1 Å². The van der Waals surface area contributed by atoms with Gasteiger partial charge in [0.15, 0.2) is 16.3 Å². The Morgan fingerprint density at radius 1 is 1.15 bits per heavy atom. The van der Waals surface area contributed by atoms with Crippen LogP contribution in [-0.4, -0.2) is 33.2 Å². The molecule has 4 aromatic rings. The van der Waals surface area contributed by atoms with Gasteiger partial charge in [-0.05, 0) is 6.42 Å². The van der Waals surface area contributed by atoms with Gasteiger partial charge in [0.1, 0.15) is 0 Å². The van der Waals surface area contributed by atoms with Crippen LogP contribution in [0.3, 0.4) is 0 Å². The summed E-state index contributed by atoms with van der Waals surface area (Å²) in [7, 11) is 2.83. The number of aromatic hydroxyl groups is 1. The predicted octanol–water partition coefficient (Wildman–Crippen LogP) is 0.150. The van der Waals surface area contributed by atoms with E-state index in [2.05, 4.69) is 9.97 Å². The average molecular weight is 388 g/mol. The van der Waals surface area contributed by atoms with Crippen LogP contribution in [0.1, 0.15) is 18.9 Å². The number of aromatic nitrogens is 6. The lowest BCUT2D eigenvalue weighted by Crippen LogP contribution is -2.37. The first-order valence-electron chi connectivity index (χ1n) is 8.23. The fourth-order valence-electron chi connectivity index (χ4n) is 3.16. The van der Waals surface area contributed by atoms with Gasteiger partial charge in [-0.25, -0.2) is 18.7 Å². The van der Waals surface area contributed by atoms with Gasteiger partial charge in [-0.3, -0.25) is 18.7 Å². The molecule has 10 nitrogen and oxygen atoms in total. The fourth-order valence-corrected chi connectivity index (χ4v) is 3.79. The third-order valence-corrected chi connectivity index (χ3v) is 5.25. The van der Waals surface area contributed by atoms with Gasteiger partial charge in [0.25, 0.3) is 11.1 Å². The highest BCUT2D eigenvalue weighted by Crippen LogP contribution is 2.24. The lowest BCUT2D eigenvalue weighted by molar-refractivity contribution is 0.435. The molecule has 0 aromatic carbocycles. The molecule has 140 valence electrons. The van der Waals surface area contributed by atoms with E-state index >= 15 is 0 Å². The van der Waals surface area contributed by atoms with Crippen molar-refractivity contribution in [1.82, 2.24) is 28.1 Å². The zero-order valence-electron chi connectivity index (χ0n) is 14.8. The number of aryl methyl sites for hydroxylation is 1. The van der Waals surface area contributed by atoms with Gasteiger partial charge in [-0.1, -0.05) is 13.3 Å². The molecule has 0 aliphatic rings. The van der Waals surface area contributed by atoms with Crippen LogP contribution in [-0.2, 0) is 20.5 Å². The lowest BCUT2D eigenvalue weighted by Gasteiger charge is -2.10. The number of thiazole rings is 1. The molecule has 0 radical (unpaired) electrons. The van der Waals surface area contributed by atoms with Crippen molar-refractivity contribution >= 4 is 28.3 Å². The van der Waals surface area contributed by atoms with Crippen molar-refractivity contribution in [3.05, 3.63) is 48.3 Å². The van der Waals surface area contributed by atoms with Gasteiger partial charge in [0.2, 0.25) is 11.7 Å². The standard InChI is InChI=1S/C16H16N6O4S/c1-4-5-8-11(23)21-9-10(19(2)16(26)20(3)13(9)25)18-14(21)22(12(8)24)15-17-6-7-27-15/h6-7,23H,4-5H2,1-3H3. The molecule has 0 saturated carbocycles. The lowest BCUT2D eigenvalue weighted by atomic mass is 10.2. The summed E-state index contributed by atoms with van der Waals surface area (Å²) in [5.41, 5.74) is -1.34. The maximum atomic E-state index is 13.0. The Bertz CT molecular complexity index is 1370. The molecule has 4 heterocycles. The van der Waals surface area contributed by atoms with Gasteiger partial charge in [-0.2, -0.15) is 4.98 Å². The van der Waals surface area contributed by atoms with Crippen LogP contribution in [0.5, 0.6) is 5.88 Å². The Morgan fingerprint density at radius 3 is 2.52 bits per heavy atom. The molecule has 0 atom stereocenters. The molecule has 0 saturated heterocycles. The minimum atomic E-state index is -0.609. The van der Waals surface area contributed by atoms with Crippen LogP contribution in [0.15, 0.2) is 26.0 Å². The third-order valence-electron chi connectivity index (χ3n) is 4.49. The third kappa shape index (κ3) is 2.21. The summed E-state index contributed by atoms with van der Waals surface area (Å²) >= 11 is 1.23. The van der Waals surface area contributed by atoms with Gasteiger partial charge in [0, 0.05) is 25.7 Å². The van der Waals surface area contributed by atoms with E-state index in [0.717, 1.165) is 4.57 Å². The average Bonchev–Trinajstić information content (AvgIpc) is 3.30. The first-order valence-corrected chi connectivity index (χ1v) is 9.11. The molecule has 0 spiro atoms. The van der Waals surface area contributed by atoms with E-state index in [1.54, 1.807) is 11.6 Å². The molecule has 11 heteroatoms. The zero-order valence-corrected chi connectivity index (χ0v) is 15.6. The van der Waals surface area contributed by atoms with Gasteiger partial charge in [-0.15, -0.1) is 11.3 Å². The largest absolute Gasteiger partial charge is 0.494 e. The zero-order chi connectivity index (χ0) is 19.5. The van der Waals surface area contributed by atoms with E-state index in [0.29, 0.717) is 18.0 Å². The van der Waals surface area contributed by atoms with Crippen LogP contribution < -0.4 is 16.8 Å². The van der Waals surface area contributed by atoms with Crippen molar-refractivity contribution in [2.24, 2.45) is 14.1 Å². The monoisotopic (exact) mass is 388 g/mol. The summed E-state index contributed by atoms with van der Waals surface area (Å²) in [6.45, 7) is 1.88. The summed E-state index contributed by atoms with van der Waals surface area (Å²) in [5, 5.41) is 12.9. The number of nitrogens with zero attached hydrogens (tertiary/aromatic N) is 6.